The van der Waals surface area contributed by atoms with Crippen molar-refractivity contribution in [2.24, 2.45) is 7.05 Å². The number of benzene rings is 1. The molecule has 0 spiro atoms. The van der Waals surface area contributed by atoms with Gasteiger partial charge in [0.15, 0.2) is 17.9 Å². The number of halogens is 3. The Hall–Kier alpha value is -2.51. The third-order valence-corrected chi connectivity index (χ3v) is 4.10. The molecule has 1 heterocycles. The number of carbonyl (C=O) groups excluding carboxylic acids is 1. The Morgan fingerprint density at radius 1 is 1.24 bits per heavy atom. The van der Waals surface area contributed by atoms with Gasteiger partial charge in [-0.2, -0.15) is 18.3 Å². The first-order valence-corrected chi connectivity index (χ1v) is 7.62. The fourth-order valence-corrected chi connectivity index (χ4v) is 2.49. The van der Waals surface area contributed by atoms with Crippen molar-refractivity contribution in [3.05, 3.63) is 47.3 Å². The number of nitrogens with one attached hydrogen (secondary N) is 1. The monoisotopic (exact) mass is 355 g/mol. The fraction of sp³-hybridized carbons (Fsp3) is 0.412. The summed E-state index contributed by atoms with van der Waals surface area (Å²) in [5, 5.41) is 6.18. The first-order valence-electron chi connectivity index (χ1n) is 7.62. The molecule has 25 heavy (non-hydrogen) atoms. The summed E-state index contributed by atoms with van der Waals surface area (Å²) in [4.78, 5) is 12.1. The van der Waals surface area contributed by atoms with Crippen LogP contribution in [0.5, 0.6) is 5.75 Å². The molecular formula is C17H20F3N3O2. The summed E-state index contributed by atoms with van der Waals surface area (Å²) in [5.74, 6) is -0.475. The zero-order valence-corrected chi connectivity index (χ0v) is 14.4. The van der Waals surface area contributed by atoms with Crippen molar-refractivity contribution in [3.63, 3.8) is 0 Å². The van der Waals surface area contributed by atoms with Crippen molar-refractivity contribution in [1.29, 1.82) is 0 Å². The lowest BCUT2D eigenvalue weighted by Crippen LogP contribution is -2.55. The van der Waals surface area contributed by atoms with Gasteiger partial charge in [-0.3, -0.25) is 9.48 Å². The average molecular weight is 355 g/mol. The van der Waals surface area contributed by atoms with Crippen LogP contribution in [0.3, 0.4) is 0 Å². The van der Waals surface area contributed by atoms with Gasteiger partial charge < -0.3 is 10.1 Å². The second-order valence-electron chi connectivity index (χ2n) is 5.95. The van der Waals surface area contributed by atoms with E-state index in [2.05, 4.69) is 5.10 Å². The summed E-state index contributed by atoms with van der Waals surface area (Å²) in [6.45, 7) is 3.84. The van der Waals surface area contributed by atoms with Crippen LogP contribution in [0.25, 0.3) is 0 Å². The lowest BCUT2D eigenvalue weighted by molar-refractivity contribution is -0.197. The number of ether oxygens (including phenoxy) is 1. The highest BCUT2D eigenvalue weighted by atomic mass is 19.4. The Morgan fingerprint density at radius 3 is 2.32 bits per heavy atom. The van der Waals surface area contributed by atoms with Crippen molar-refractivity contribution < 1.29 is 22.7 Å². The zero-order valence-electron chi connectivity index (χ0n) is 14.4. The van der Waals surface area contributed by atoms with E-state index in [0.29, 0.717) is 17.1 Å². The van der Waals surface area contributed by atoms with Crippen LogP contribution >= 0.6 is 0 Å². The Kier molecular flexibility index (Phi) is 5.10. The van der Waals surface area contributed by atoms with Gasteiger partial charge in [0.05, 0.1) is 5.69 Å². The molecular weight excluding hydrogens is 335 g/mol. The molecule has 1 aromatic heterocycles. The van der Waals surface area contributed by atoms with Gasteiger partial charge in [0.2, 0.25) is 0 Å². The number of carbonyl (C=O) groups is 1. The van der Waals surface area contributed by atoms with Gasteiger partial charge in [0, 0.05) is 7.05 Å². The van der Waals surface area contributed by atoms with Crippen LogP contribution in [0.4, 0.5) is 13.2 Å². The SMILES string of the molecule is Cc1nn(C)c(C)c1OCC(=O)N[C@](C)(c1ccccc1)C(F)(F)F. The lowest BCUT2D eigenvalue weighted by Gasteiger charge is -2.33. The van der Waals surface area contributed by atoms with E-state index in [-0.39, 0.29) is 5.56 Å². The molecule has 8 heteroatoms. The average Bonchev–Trinajstić information content (AvgIpc) is 2.77. The molecule has 0 aliphatic carbocycles. The first-order chi connectivity index (χ1) is 11.6. The number of alkyl halides is 3. The molecule has 136 valence electrons. The van der Waals surface area contributed by atoms with Crippen LogP contribution in [0, 0.1) is 13.8 Å². The predicted octanol–water partition coefficient (Wildman–Crippen LogP) is 3.01. The smallest absolute Gasteiger partial charge is 0.415 e. The van der Waals surface area contributed by atoms with Crippen molar-refractivity contribution in [3.8, 4) is 5.75 Å². The maximum Gasteiger partial charge on any atom is 0.415 e. The molecule has 0 unspecified atom stereocenters. The summed E-state index contributed by atoms with van der Waals surface area (Å²) in [6.07, 6.45) is -4.66. The first kappa shape index (κ1) is 18.8. The molecule has 1 aromatic carbocycles. The number of hydrogen-bond donors (Lipinski definition) is 1. The standard InChI is InChI=1S/C17H20F3N3O2/c1-11-15(12(2)23(4)22-11)25-10-14(24)21-16(3,17(18,19)20)13-8-6-5-7-9-13/h5-9H,10H2,1-4H3,(H,21,24)/t16-/m1/s1. The predicted molar refractivity (Wildman–Crippen MR) is 86.2 cm³/mol. The third kappa shape index (κ3) is 3.78. The largest absolute Gasteiger partial charge is 0.480 e. The molecule has 2 aromatic rings. The number of hydrogen-bond acceptors (Lipinski definition) is 3. The number of amides is 1. The third-order valence-electron chi connectivity index (χ3n) is 4.10. The van der Waals surface area contributed by atoms with Gasteiger partial charge in [-0.25, -0.2) is 0 Å². The molecule has 0 aliphatic heterocycles. The van der Waals surface area contributed by atoms with Crippen LogP contribution in [-0.4, -0.2) is 28.5 Å². The maximum atomic E-state index is 13.6. The number of aryl methyl sites for hydroxylation is 2. The van der Waals surface area contributed by atoms with E-state index >= 15 is 0 Å². The maximum absolute atomic E-state index is 13.6. The molecule has 0 aliphatic rings. The van der Waals surface area contributed by atoms with Gasteiger partial charge >= 0.3 is 6.18 Å². The molecule has 5 nitrogen and oxygen atoms in total. The molecule has 0 bridgehead atoms. The van der Waals surface area contributed by atoms with Crippen molar-refractivity contribution in [2.75, 3.05) is 6.61 Å². The van der Waals surface area contributed by atoms with Crippen LogP contribution in [0.15, 0.2) is 30.3 Å². The van der Waals surface area contributed by atoms with E-state index in [9.17, 15) is 18.0 Å². The van der Waals surface area contributed by atoms with Gasteiger partial charge in [-0.1, -0.05) is 30.3 Å². The number of nitrogens with zero attached hydrogens (tertiary/aromatic N) is 2. The minimum absolute atomic E-state index is 0.0513. The highest BCUT2D eigenvalue weighted by Gasteiger charge is 2.53. The normalized spacial score (nSPS) is 14.0. The van der Waals surface area contributed by atoms with E-state index < -0.39 is 24.2 Å². The Labute approximate surface area is 143 Å². The van der Waals surface area contributed by atoms with Crippen molar-refractivity contribution in [2.45, 2.75) is 32.5 Å². The summed E-state index contributed by atoms with van der Waals surface area (Å²) in [5.41, 5.74) is -1.31. The highest BCUT2D eigenvalue weighted by Crippen LogP contribution is 2.38. The van der Waals surface area contributed by atoms with Crippen LogP contribution in [0.1, 0.15) is 23.9 Å². The Bertz CT molecular complexity index is 756. The number of aromatic nitrogens is 2. The fourth-order valence-electron chi connectivity index (χ4n) is 2.49. The molecule has 1 amide bonds. The summed E-state index contributed by atoms with van der Waals surface area (Å²) in [7, 11) is 1.71. The second kappa shape index (κ2) is 6.78. The minimum Gasteiger partial charge on any atom is -0.480 e. The Balaban J connectivity index is 2.16. The van der Waals surface area contributed by atoms with Crippen LogP contribution < -0.4 is 10.1 Å². The number of rotatable bonds is 5. The molecule has 2 rings (SSSR count). The summed E-state index contributed by atoms with van der Waals surface area (Å²) >= 11 is 0. The van der Waals surface area contributed by atoms with E-state index in [1.807, 2.05) is 5.32 Å². The van der Waals surface area contributed by atoms with E-state index in [0.717, 1.165) is 6.92 Å². The molecule has 1 atom stereocenters. The molecule has 0 saturated carbocycles. The quantitative estimate of drug-likeness (QED) is 0.897. The molecule has 0 fully saturated rings. The Morgan fingerprint density at radius 2 is 1.84 bits per heavy atom. The van der Waals surface area contributed by atoms with Crippen LogP contribution in [0.2, 0.25) is 0 Å². The molecule has 1 N–H and O–H groups in total. The minimum atomic E-state index is -4.66. The van der Waals surface area contributed by atoms with Crippen LogP contribution in [-0.2, 0) is 17.4 Å². The van der Waals surface area contributed by atoms with E-state index in [4.69, 9.17) is 4.74 Å². The molecule has 0 saturated heterocycles. The van der Waals surface area contributed by atoms with Gasteiger partial charge in [-0.15, -0.1) is 0 Å². The van der Waals surface area contributed by atoms with Crippen molar-refractivity contribution >= 4 is 5.91 Å². The summed E-state index contributed by atoms with van der Waals surface area (Å²) < 4.78 is 47.7. The topological polar surface area (TPSA) is 56.2 Å². The lowest BCUT2D eigenvalue weighted by atomic mass is 9.91. The van der Waals surface area contributed by atoms with Gasteiger partial charge in [0.1, 0.15) is 5.69 Å². The second-order valence-corrected chi connectivity index (χ2v) is 5.95. The van der Waals surface area contributed by atoms with Gasteiger partial charge in [0.25, 0.3) is 5.91 Å². The van der Waals surface area contributed by atoms with Gasteiger partial charge in [-0.05, 0) is 26.3 Å². The zero-order chi connectivity index (χ0) is 18.8. The van der Waals surface area contributed by atoms with Crippen molar-refractivity contribution in [1.82, 2.24) is 15.1 Å². The summed E-state index contributed by atoms with van der Waals surface area (Å²) in [6, 6.07) is 7.24. The van der Waals surface area contributed by atoms with E-state index in [1.54, 1.807) is 31.6 Å². The van der Waals surface area contributed by atoms with E-state index in [1.165, 1.54) is 24.3 Å². The molecule has 0 radical (unpaired) electrons. The highest BCUT2D eigenvalue weighted by molar-refractivity contribution is 5.78.